The molecule has 1 atom stereocenters. The van der Waals surface area contributed by atoms with Crippen molar-refractivity contribution < 1.29 is 32.0 Å². The Bertz CT molecular complexity index is 1030. The molecule has 10 nitrogen and oxygen atoms in total. The average Bonchev–Trinajstić information content (AvgIpc) is 3.39. The van der Waals surface area contributed by atoms with Gasteiger partial charge in [0, 0.05) is 12.1 Å². The molecule has 1 aliphatic rings. The minimum atomic E-state index is -3.86. The number of ether oxygens (including phenoxy) is 2. The van der Waals surface area contributed by atoms with Crippen LogP contribution >= 0.6 is 0 Å². The topological polar surface area (TPSA) is 137 Å². The molecule has 1 aliphatic carbocycles. The van der Waals surface area contributed by atoms with Crippen LogP contribution in [0.2, 0.25) is 0 Å². The smallest absolute Gasteiger partial charge is 0.338 e. The van der Waals surface area contributed by atoms with Gasteiger partial charge in [-0.15, -0.1) is 0 Å². The lowest BCUT2D eigenvalue weighted by molar-refractivity contribution is -0.123. The summed E-state index contributed by atoms with van der Waals surface area (Å²) < 4.78 is 42.7. The Balaban J connectivity index is 1.72. The SMILES string of the molecule is COc1ccc(C(=O)O[C@H](C)C(=O)Nc2cc(C)on2)cc1S(=O)(=O)NC1CC1. The second-order valence-electron chi connectivity index (χ2n) is 6.62. The number of hydrogen-bond acceptors (Lipinski definition) is 8. The Morgan fingerprint density at radius 1 is 1.28 bits per heavy atom. The summed E-state index contributed by atoms with van der Waals surface area (Å²) in [5.74, 6) is -0.657. The molecule has 2 aromatic rings. The van der Waals surface area contributed by atoms with Crippen LogP contribution < -0.4 is 14.8 Å². The summed E-state index contributed by atoms with van der Waals surface area (Å²) in [6, 6.07) is 5.30. The number of aryl methyl sites for hydroxylation is 1. The van der Waals surface area contributed by atoms with E-state index in [1.807, 2.05) is 0 Å². The Hall–Kier alpha value is -2.92. The summed E-state index contributed by atoms with van der Waals surface area (Å²) in [4.78, 5) is 24.4. The van der Waals surface area contributed by atoms with Crippen molar-refractivity contribution >= 4 is 27.7 Å². The number of nitrogens with one attached hydrogen (secondary N) is 2. The molecule has 11 heteroatoms. The van der Waals surface area contributed by atoms with E-state index in [4.69, 9.17) is 14.0 Å². The second-order valence-corrected chi connectivity index (χ2v) is 8.30. The Labute approximate surface area is 167 Å². The molecule has 29 heavy (non-hydrogen) atoms. The van der Waals surface area contributed by atoms with Crippen molar-refractivity contribution in [3.63, 3.8) is 0 Å². The number of hydrogen-bond donors (Lipinski definition) is 2. The van der Waals surface area contributed by atoms with Gasteiger partial charge in [0.1, 0.15) is 16.4 Å². The minimum Gasteiger partial charge on any atom is -0.495 e. The number of benzene rings is 1. The van der Waals surface area contributed by atoms with Crippen molar-refractivity contribution in [1.82, 2.24) is 9.88 Å². The average molecular weight is 423 g/mol. The molecule has 0 unspecified atom stereocenters. The van der Waals surface area contributed by atoms with E-state index in [1.54, 1.807) is 6.92 Å². The van der Waals surface area contributed by atoms with Crippen LogP contribution in [-0.4, -0.2) is 44.7 Å². The van der Waals surface area contributed by atoms with Crippen molar-refractivity contribution in [2.45, 2.75) is 43.7 Å². The zero-order valence-corrected chi connectivity index (χ0v) is 16.9. The van der Waals surface area contributed by atoms with Crippen LogP contribution in [0.15, 0.2) is 33.7 Å². The molecular weight excluding hydrogens is 402 g/mol. The molecule has 0 saturated heterocycles. The Morgan fingerprint density at radius 2 is 2.00 bits per heavy atom. The number of amides is 1. The lowest BCUT2D eigenvalue weighted by atomic mass is 10.2. The molecule has 0 aliphatic heterocycles. The molecule has 3 rings (SSSR count). The summed E-state index contributed by atoms with van der Waals surface area (Å²) in [5, 5.41) is 6.08. The van der Waals surface area contributed by atoms with Crippen molar-refractivity contribution in [1.29, 1.82) is 0 Å². The first-order chi connectivity index (χ1) is 13.7. The van der Waals surface area contributed by atoms with Crippen molar-refractivity contribution in [2.75, 3.05) is 12.4 Å². The summed E-state index contributed by atoms with van der Waals surface area (Å²) in [6.45, 7) is 3.05. The molecule has 1 aromatic carbocycles. The summed E-state index contributed by atoms with van der Waals surface area (Å²) in [6.07, 6.45) is 0.383. The number of rotatable bonds is 8. The minimum absolute atomic E-state index is 0.0288. The monoisotopic (exact) mass is 423 g/mol. The first-order valence-electron chi connectivity index (χ1n) is 8.85. The van der Waals surface area contributed by atoms with Crippen LogP contribution in [0.4, 0.5) is 5.82 Å². The normalized spacial score (nSPS) is 14.9. The highest BCUT2D eigenvalue weighted by molar-refractivity contribution is 7.89. The number of methoxy groups -OCH3 is 1. The Kier molecular flexibility index (Phi) is 5.89. The standard InChI is InChI=1S/C18H21N3O7S/c1-10-8-16(20-28-10)19-17(22)11(2)27-18(23)12-4-7-14(26-3)15(9-12)29(24,25)21-13-5-6-13/h4,7-9,11,13,21H,5-6H2,1-3H3,(H,19,20,22)/t11-/m1/s1. The van der Waals surface area contributed by atoms with Crippen LogP contribution in [0.3, 0.4) is 0 Å². The van der Waals surface area contributed by atoms with E-state index < -0.39 is 28.0 Å². The van der Waals surface area contributed by atoms with Gasteiger partial charge in [0.2, 0.25) is 10.0 Å². The zero-order chi connectivity index (χ0) is 21.2. The summed E-state index contributed by atoms with van der Waals surface area (Å²) >= 11 is 0. The fourth-order valence-electron chi connectivity index (χ4n) is 2.43. The van der Waals surface area contributed by atoms with Gasteiger partial charge < -0.3 is 19.3 Å². The molecule has 1 amide bonds. The van der Waals surface area contributed by atoms with Gasteiger partial charge in [-0.1, -0.05) is 5.16 Å². The van der Waals surface area contributed by atoms with Crippen LogP contribution in [-0.2, 0) is 19.6 Å². The molecule has 1 aromatic heterocycles. The van der Waals surface area contributed by atoms with E-state index in [-0.39, 0.29) is 28.1 Å². The van der Waals surface area contributed by atoms with E-state index >= 15 is 0 Å². The maximum atomic E-state index is 12.5. The van der Waals surface area contributed by atoms with E-state index in [0.717, 1.165) is 18.9 Å². The number of esters is 1. The van der Waals surface area contributed by atoms with E-state index in [2.05, 4.69) is 15.2 Å². The van der Waals surface area contributed by atoms with Gasteiger partial charge in [0.15, 0.2) is 11.9 Å². The van der Waals surface area contributed by atoms with Crippen LogP contribution in [0.5, 0.6) is 5.75 Å². The highest BCUT2D eigenvalue weighted by atomic mass is 32.2. The fraction of sp³-hybridized carbons (Fsp3) is 0.389. The molecule has 2 N–H and O–H groups in total. The van der Waals surface area contributed by atoms with Gasteiger partial charge in [-0.25, -0.2) is 17.9 Å². The van der Waals surface area contributed by atoms with Crippen molar-refractivity contribution in [3.05, 3.63) is 35.6 Å². The molecule has 156 valence electrons. The predicted octanol–water partition coefficient (Wildman–Crippen LogP) is 1.62. The Morgan fingerprint density at radius 3 is 2.59 bits per heavy atom. The first-order valence-corrected chi connectivity index (χ1v) is 10.3. The first kappa shape index (κ1) is 20.8. The van der Waals surface area contributed by atoms with Crippen molar-refractivity contribution in [3.8, 4) is 5.75 Å². The molecule has 1 fully saturated rings. The lowest BCUT2D eigenvalue weighted by Crippen LogP contribution is -2.30. The maximum absolute atomic E-state index is 12.5. The number of anilines is 1. The number of carbonyl (C=O) groups is 2. The third-order valence-corrected chi connectivity index (χ3v) is 5.66. The maximum Gasteiger partial charge on any atom is 0.338 e. The van der Waals surface area contributed by atoms with Crippen LogP contribution in [0.1, 0.15) is 35.9 Å². The predicted molar refractivity (Wildman–Crippen MR) is 101 cm³/mol. The van der Waals surface area contributed by atoms with E-state index in [9.17, 15) is 18.0 Å². The van der Waals surface area contributed by atoms with E-state index in [1.165, 1.54) is 32.2 Å². The number of aromatic nitrogens is 1. The lowest BCUT2D eigenvalue weighted by Gasteiger charge is -2.14. The van der Waals surface area contributed by atoms with E-state index in [0.29, 0.717) is 5.76 Å². The largest absolute Gasteiger partial charge is 0.495 e. The molecule has 0 bridgehead atoms. The molecule has 0 spiro atoms. The van der Waals surface area contributed by atoms with Crippen LogP contribution in [0, 0.1) is 6.92 Å². The van der Waals surface area contributed by atoms with Gasteiger partial charge in [-0.3, -0.25) is 4.79 Å². The number of sulfonamides is 1. The number of nitrogens with zero attached hydrogens (tertiary/aromatic N) is 1. The highest BCUT2D eigenvalue weighted by Crippen LogP contribution is 2.28. The van der Waals surface area contributed by atoms with Gasteiger partial charge in [0.25, 0.3) is 5.91 Å². The fourth-order valence-corrected chi connectivity index (χ4v) is 3.93. The molecular formula is C18H21N3O7S. The zero-order valence-electron chi connectivity index (χ0n) is 16.1. The quantitative estimate of drug-likeness (QED) is 0.611. The number of carbonyl (C=O) groups excluding carboxylic acids is 2. The highest BCUT2D eigenvalue weighted by Gasteiger charge is 2.31. The molecule has 1 saturated carbocycles. The van der Waals surface area contributed by atoms with Gasteiger partial charge in [-0.2, -0.15) is 0 Å². The summed E-state index contributed by atoms with van der Waals surface area (Å²) in [5.41, 5.74) is -0.0288. The van der Waals surface area contributed by atoms with Crippen LogP contribution in [0.25, 0.3) is 0 Å². The van der Waals surface area contributed by atoms with Gasteiger partial charge in [0.05, 0.1) is 12.7 Å². The molecule has 0 radical (unpaired) electrons. The summed E-state index contributed by atoms with van der Waals surface area (Å²) in [7, 11) is -2.52. The molecule has 1 heterocycles. The van der Waals surface area contributed by atoms with Crippen molar-refractivity contribution in [2.24, 2.45) is 0 Å². The third-order valence-electron chi connectivity index (χ3n) is 4.12. The third kappa shape index (κ3) is 5.12. The van der Waals surface area contributed by atoms with Gasteiger partial charge in [-0.05, 0) is 44.9 Å². The second kappa shape index (κ2) is 8.21. The van der Waals surface area contributed by atoms with Gasteiger partial charge >= 0.3 is 5.97 Å².